The first-order valence-corrected chi connectivity index (χ1v) is 7.39. The second kappa shape index (κ2) is 6.97. The van der Waals surface area contributed by atoms with Gasteiger partial charge in [0.25, 0.3) is 0 Å². The number of benzene rings is 1. The summed E-state index contributed by atoms with van der Waals surface area (Å²) >= 11 is 6.17. The topological polar surface area (TPSA) is 21.3 Å². The second-order valence-corrected chi connectivity index (χ2v) is 5.46. The minimum absolute atomic E-state index is 0.784. The molecule has 2 nitrogen and oxygen atoms in total. The lowest BCUT2D eigenvalue weighted by molar-refractivity contribution is 0.354. The van der Waals surface area contributed by atoms with Crippen molar-refractivity contribution >= 4 is 11.6 Å². The maximum Gasteiger partial charge on any atom is 0.126 e. The van der Waals surface area contributed by atoms with Crippen LogP contribution in [0.2, 0.25) is 5.02 Å². The molecule has 1 aromatic carbocycles. The van der Waals surface area contributed by atoms with Crippen molar-refractivity contribution in [2.75, 3.05) is 19.7 Å². The molecule has 1 aromatic rings. The molecular weight excluding hydrogens is 258 g/mol. The molecule has 0 aliphatic carbocycles. The van der Waals surface area contributed by atoms with E-state index in [1.165, 1.54) is 16.7 Å². The number of hydrogen-bond acceptors (Lipinski definition) is 2. The zero-order valence-electron chi connectivity index (χ0n) is 11.8. The first-order valence-electron chi connectivity index (χ1n) is 7.01. The van der Waals surface area contributed by atoms with E-state index in [-0.39, 0.29) is 0 Å². The summed E-state index contributed by atoms with van der Waals surface area (Å²) in [6, 6.07) is 4.06. The fourth-order valence-electron chi connectivity index (χ4n) is 2.45. The summed E-state index contributed by atoms with van der Waals surface area (Å²) in [5.41, 5.74) is 3.85. The first-order chi connectivity index (χ1) is 9.20. The van der Waals surface area contributed by atoms with Crippen LogP contribution in [0.4, 0.5) is 0 Å². The number of halogens is 1. The van der Waals surface area contributed by atoms with Crippen LogP contribution >= 0.6 is 11.6 Å². The SMILES string of the molecule is CCNCC/C=C(/C)Cc1cc(Cl)cc2c1OCC2. The van der Waals surface area contributed by atoms with Crippen LogP contribution in [0.1, 0.15) is 31.4 Å². The van der Waals surface area contributed by atoms with Crippen LogP contribution in [0.3, 0.4) is 0 Å². The Morgan fingerprint density at radius 3 is 3.11 bits per heavy atom. The molecule has 0 saturated carbocycles. The quantitative estimate of drug-likeness (QED) is 0.632. The smallest absolute Gasteiger partial charge is 0.126 e. The first kappa shape index (κ1) is 14.4. The van der Waals surface area contributed by atoms with Gasteiger partial charge in [-0.05, 0) is 56.1 Å². The molecule has 0 amide bonds. The number of ether oxygens (including phenoxy) is 1. The second-order valence-electron chi connectivity index (χ2n) is 5.02. The van der Waals surface area contributed by atoms with Gasteiger partial charge in [0.2, 0.25) is 0 Å². The van der Waals surface area contributed by atoms with Crippen molar-refractivity contribution in [1.29, 1.82) is 0 Å². The highest BCUT2D eigenvalue weighted by atomic mass is 35.5. The van der Waals surface area contributed by atoms with Crippen LogP contribution in [0, 0.1) is 0 Å². The summed E-state index contributed by atoms with van der Waals surface area (Å²) in [7, 11) is 0. The largest absolute Gasteiger partial charge is 0.493 e. The van der Waals surface area contributed by atoms with E-state index in [4.69, 9.17) is 16.3 Å². The summed E-state index contributed by atoms with van der Waals surface area (Å²) in [5, 5.41) is 4.15. The molecule has 1 N–H and O–H groups in total. The van der Waals surface area contributed by atoms with E-state index >= 15 is 0 Å². The molecule has 1 heterocycles. The monoisotopic (exact) mass is 279 g/mol. The highest BCUT2D eigenvalue weighted by molar-refractivity contribution is 6.30. The molecule has 2 rings (SSSR count). The van der Waals surface area contributed by atoms with E-state index < -0.39 is 0 Å². The molecule has 1 aliphatic heterocycles. The van der Waals surface area contributed by atoms with Gasteiger partial charge in [0, 0.05) is 11.4 Å². The molecular formula is C16H22ClNO. The zero-order valence-corrected chi connectivity index (χ0v) is 12.5. The van der Waals surface area contributed by atoms with Crippen LogP contribution in [-0.4, -0.2) is 19.7 Å². The van der Waals surface area contributed by atoms with Crippen molar-refractivity contribution in [1.82, 2.24) is 5.32 Å². The fourth-order valence-corrected chi connectivity index (χ4v) is 2.71. The molecule has 0 spiro atoms. The van der Waals surface area contributed by atoms with Gasteiger partial charge in [-0.2, -0.15) is 0 Å². The Labute approximate surface area is 120 Å². The lowest BCUT2D eigenvalue weighted by Gasteiger charge is -2.09. The van der Waals surface area contributed by atoms with Crippen molar-refractivity contribution in [3.05, 3.63) is 39.9 Å². The summed E-state index contributed by atoms with van der Waals surface area (Å²) in [5.74, 6) is 1.06. The minimum atomic E-state index is 0.784. The molecule has 0 aromatic heterocycles. The summed E-state index contributed by atoms with van der Waals surface area (Å²) in [6.45, 7) is 7.16. The number of hydrogen-bond donors (Lipinski definition) is 1. The van der Waals surface area contributed by atoms with E-state index in [0.29, 0.717) is 0 Å². The van der Waals surface area contributed by atoms with Crippen molar-refractivity contribution in [3.8, 4) is 5.75 Å². The van der Waals surface area contributed by atoms with Gasteiger partial charge in [0.1, 0.15) is 5.75 Å². The third kappa shape index (κ3) is 3.99. The summed E-state index contributed by atoms with van der Waals surface area (Å²) in [6.07, 6.45) is 5.27. The van der Waals surface area contributed by atoms with Crippen LogP contribution in [0.15, 0.2) is 23.8 Å². The van der Waals surface area contributed by atoms with E-state index in [1.807, 2.05) is 12.1 Å². The molecule has 19 heavy (non-hydrogen) atoms. The number of nitrogens with one attached hydrogen (secondary N) is 1. The van der Waals surface area contributed by atoms with E-state index in [9.17, 15) is 0 Å². The predicted octanol–water partition coefficient (Wildman–Crippen LogP) is 3.76. The Bertz CT molecular complexity index is 468. The molecule has 0 saturated heterocycles. The van der Waals surface area contributed by atoms with Crippen LogP contribution in [0.25, 0.3) is 0 Å². The molecule has 0 bridgehead atoms. The number of allylic oxidation sites excluding steroid dienone is 1. The fraction of sp³-hybridized carbons (Fsp3) is 0.500. The van der Waals surface area contributed by atoms with E-state index in [0.717, 1.165) is 49.7 Å². The molecule has 0 unspecified atom stereocenters. The van der Waals surface area contributed by atoms with Crippen LogP contribution in [-0.2, 0) is 12.8 Å². The zero-order chi connectivity index (χ0) is 13.7. The standard InChI is InChI=1S/C16H22ClNO/c1-3-18-7-4-5-12(2)9-14-11-15(17)10-13-6-8-19-16(13)14/h5,10-11,18H,3-4,6-9H2,1-2H3/b12-5-. The van der Waals surface area contributed by atoms with Gasteiger partial charge in [-0.1, -0.05) is 30.2 Å². The third-order valence-corrected chi connectivity index (χ3v) is 3.58. The van der Waals surface area contributed by atoms with E-state index in [2.05, 4.69) is 25.2 Å². The van der Waals surface area contributed by atoms with Crippen molar-refractivity contribution < 1.29 is 4.74 Å². The number of fused-ring (bicyclic) bond motifs is 1. The predicted molar refractivity (Wildman–Crippen MR) is 81.3 cm³/mol. The van der Waals surface area contributed by atoms with Crippen molar-refractivity contribution in [3.63, 3.8) is 0 Å². The molecule has 104 valence electrons. The molecule has 0 fully saturated rings. The Morgan fingerprint density at radius 2 is 2.32 bits per heavy atom. The average molecular weight is 280 g/mol. The Morgan fingerprint density at radius 1 is 1.47 bits per heavy atom. The highest BCUT2D eigenvalue weighted by Gasteiger charge is 2.17. The molecule has 0 atom stereocenters. The van der Waals surface area contributed by atoms with Gasteiger partial charge in [0.05, 0.1) is 6.61 Å². The van der Waals surface area contributed by atoms with Gasteiger partial charge < -0.3 is 10.1 Å². The summed E-state index contributed by atoms with van der Waals surface area (Å²) in [4.78, 5) is 0. The lowest BCUT2D eigenvalue weighted by Crippen LogP contribution is -2.13. The van der Waals surface area contributed by atoms with E-state index in [1.54, 1.807) is 0 Å². The van der Waals surface area contributed by atoms with Gasteiger partial charge in [-0.3, -0.25) is 0 Å². The van der Waals surface area contributed by atoms with Crippen LogP contribution in [0.5, 0.6) is 5.75 Å². The lowest BCUT2D eigenvalue weighted by atomic mass is 10.0. The molecule has 0 radical (unpaired) electrons. The third-order valence-electron chi connectivity index (χ3n) is 3.36. The average Bonchev–Trinajstić information content (AvgIpc) is 2.82. The minimum Gasteiger partial charge on any atom is -0.493 e. The van der Waals surface area contributed by atoms with Gasteiger partial charge in [-0.15, -0.1) is 0 Å². The van der Waals surface area contributed by atoms with Gasteiger partial charge in [-0.25, -0.2) is 0 Å². The Balaban J connectivity index is 2.03. The van der Waals surface area contributed by atoms with Crippen molar-refractivity contribution in [2.24, 2.45) is 0 Å². The highest BCUT2D eigenvalue weighted by Crippen LogP contribution is 2.34. The maximum atomic E-state index is 6.17. The summed E-state index contributed by atoms with van der Waals surface area (Å²) < 4.78 is 5.73. The van der Waals surface area contributed by atoms with Gasteiger partial charge >= 0.3 is 0 Å². The Kier molecular flexibility index (Phi) is 5.29. The van der Waals surface area contributed by atoms with Crippen molar-refractivity contribution in [2.45, 2.75) is 33.1 Å². The normalized spacial score (nSPS) is 14.4. The number of rotatable bonds is 6. The van der Waals surface area contributed by atoms with Gasteiger partial charge in [0.15, 0.2) is 0 Å². The molecule has 3 heteroatoms. The Hall–Kier alpha value is -0.990. The maximum absolute atomic E-state index is 6.17. The molecule has 1 aliphatic rings. The van der Waals surface area contributed by atoms with Crippen LogP contribution < -0.4 is 10.1 Å².